The van der Waals surface area contributed by atoms with Crippen LogP contribution >= 0.6 is 11.6 Å². The van der Waals surface area contributed by atoms with Crippen LogP contribution in [-0.2, 0) is 6.54 Å². The number of hydrogen-bond donors (Lipinski definition) is 1. The molecule has 1 N–H and O–H groups in total. The second kappa shape index (κ2) is 5.64. The lowest BCUT2D eigenvalue weighted by Crippen LogP contribution is -2.04. The van der Waals surface area contributed by atoms with Gasteiger partial charge in [0.1, 0.15) is 17.9 Å². The van der Waals surface area contributed by atoms with Gasteiger partial charge in [0.2, 0.25) is 5.95 Å². The molecule has 2 rings (SSSR count). The minimum absolute atomic E-state index is 0.388. The van der Waals surface area contributed by atoms with Crippen molar-refractivity contribution in [2.75, 3.05) is 12.4 Å². The van der Waals surface area contributed by atoms with Crippen LogP contribution in [0.5, 0.6) is 5.75 Å². The summed E-state index contributed by atoms with van der Waals surface area (Å²) in [6, 6.07) is 6.59. The van der Waals surface area contributed by atoms with E-state index in [0.717, 1.165) is 11.9 Å². The quantitative estimate of drug-likeness (QED) is 0.866. The van der Waals surface area contributed by atoms with Crippen LogP contribution in [0.3, 0.4) is 0 Å². The molecule has 0 spiro atoms. The molecule has 0 saturated heterocycles. The number of nitrogens with zero attached hydrogens (tertiary/aromatic N) is 2. The molecule has 0 unspecified atom stereocenters. The number of anilines is 1. The molecule has 0 atom stereocenters. The molecule has 0 fully saturated rings. The van der Waals surface area contributed by atoms with E-state index >= 15 is 0 Å². The number of benzene rings is 1. The summed E-state index contributed by atoms with van der Waals surface area (Å²) >= 11 is 6.08. The van der Waals surface area contributed by atoms with Crippen molar-refractivity contribution in [3.8, 4) is 5.75 Å². The molecule has 1 aromatic carbocycles. The highest BCUT2D eigenvalue weighted by Crippen LogP contribution is 2.26. The lowest BCUT2D eigenvalue weighted by molar-refractivity contribution is 0.410. The first-order valence-electron chi connectivity index (χ1n) is 5.23. The minimum atomic E-state index is -0.585. The molecular weight excluding hydrogens is 257 g/mol. The molecule has 0 aliphatic carbocycles. The summed E-state index contributed by atoms with van der Waals surface area (Å²) in [6.45, 7) is 0.388. The number of nitrogens with one attached hydrogen (secondary N) is 1. The lowest BCUT2D eigenvalue weighted by atomic mass is 10.2. The van der Waals surface area contributed by atoms with Gasteiger partial charge >= 0.3 is 0 Å². The molecular formula is C12H11ClFN3O. The fourth-order valence-electron chi connectivity index (χ4n) is 1.51. The number of rotatable bonds is 4. The highest BCUT2D eigenvalue weighted by atomic mass is 35.5. The molecule has 4 nitrogen and oxygen atoms in total. The molecule has 0 aliphatic heterocycles. The second-order valence-electron chi connectivity index (χ2n) is 3.50. The number of halogens is 2. The predicted octanol–water partition coefficient (Wildman–Crippen LogP) is 2.89. The summed E-state index contributed by atoms with van der Waals surface area (Å²) in [6.07, 6.45) is 1.15. The standard InChI is InChI=1S/C12H11ClFN3O/c1-18-10-4-2-3-9(13)8(10)6-15-12-5-11(14)16-7-17-12/h2-5,7H,6H2,1H3,(H,15,16,17). The molecule has 0 bridgehead atoms. The van der Waals surface area contributed by atoms with Gasteiger partial charge in [-0.1, -0.05) is 17.7 Å². The van der Waals surface area contributed by atoms with Gasteiger partial charge in [0, 0.05) is 23.2 Å². The Morgan fingerprint density at radius 2 is 2.22 bits per heavy atom. The summed E-state index contributed by atoms with van der Waals surface area (Å²) in [5.74, 6) is 0.479. The molecule has 18 heavy (non-hydrogen) atoms. The van der Waals surface area contributed by atoms with E-state index < -0.39 is 5.95 Å². The van der Waals surface area contributed by atoms with Crippen LogP contribution < -0.4 is 10.1 Å². The van der Waals surface area contributed by atoms with E-state index in [9.17, 15) is 4.39 Å². The Bertz CT molecular complexity index is 551. The van der Waals surface area contributed by atoms with Gasteiger partial charge in [-0.05, 0) is 12.1 Å². The van der Waals surface area contributed by atoms with Gasteiger partial charge in [-0.15, -0.1) is 0 Å². The summed E-state index contributed by atoms with van der Waals surface area (Å²) < 4.78 is 18.1. The molecule has 1 aromatic heterocycles. The summed E-state index contributed by atoms with van der Waals surface area (Å²) in [5.41, 5.74) is 0.792. The maximum atomic E-state index is 12.9. The molecule has 2 aromatic rings. The van der Waals surface area contributed by atoms with Crippen molar-refractivity contribution < 1.29 is 9.13 Å². The van der Waals surface area contributed by atoms with Gasteiger partial charge in [0.05, 0.1) is 7.11 Å². The van der Waals surface area contributed by atoms with Gasteiger partial charge < -0.3 is 10.1 Å². The molecule has 0 amide bonds. The van der Waals surface area contributed by atoms with E-state index in [1.54, 1.807) is 19.2 Å². The third kappa shape index (κ3) is 2.87. The van der Waals surface area contributed by atoms with Gasteiger partial charge in [-0.3, -0.25) is 0 Å². The Kier molecular flexibility index (Phi) is 3.94. The number of hydrogen-bond acceptors (Lipinski definition) is 4. The summed E-state index contributed by atoms with van der Waals surface area (Å²) in [7, 11) is 1.57. The molecule has 6 heteroatoms. The zero-order valence-electron chi connectivity index (χ0n) is 9.65. The number of aromatic nitrogens is 2. The normalized spacial score (nSPS) is 10.2. The maximum absolute atomic E-state index is 12.9. The van der Waals surface area contributed by atoms with Crippen LogP contribution in [0.2, 0.25) is 5.02 Å². The van der Waals surface area contributed by atoms with Crippen molar-refractivity contribution in [3.63, 3.8) is 0 Å². The van der Waals surface area contributed by atoms with Gasteiger partial charge in [-0.2, -0.15) is 4.39 Å². The Balaban J connectivity index is 2.15. The number of ether oxygens (including phenoxy) is 1. The zero-order valence-corrected chi connectivity index (χ0v) is 10.4. The highest BCUT2D eigenvalue weighted by molar-refractivity contribution is 6.31. The van der Waals surface area contributed by atoms with Crippen molar-refractivity contribution in [2.24, 2.45) is 0 Å². The Morgan fingerprint density at radius 1 is 1.39 bits per heavy atom. The highest BCUT2D eigenvalue weighted by Gasteiger charge is 2.07. The van der Waals surface area contributed by atoms with Crippen LogP contribution in [-0.4, -0.2) is 17.1 Å². The van der Waals surface area contributed by atoms with Crippen molar-refractivity contribution >= 4 is 17.4 Å². The summed E-state index contributed by atoms with van der Waals surface area (Å²) in [5, 5.41) is 3.54. The van der Waals surface area contributed by atoms with Crippen LogP contribution in [0.4, 0.5) is 10.2 Å². The zero-order chi connectivity index (χ0) is 13.0. The smallest absolute Gasteiger partial charge is 0.217 e. The molecule has 1 heterocycles. The average Bonchev–Trinajstić information content (AvgIpc) is 2.37. The van der Waals surface area contributed by atoms with E-state index in [2.05, 4.69) is 15.3 Å². The van der Waals surface area contributed by atoms with Gasteiger partial charge in [-0.25, -0.2) is 9.97 Å². The largest absolute Gasteiger partial charge is 0.496 e. The van der Waals surface area contributed by atoms with Gasteiger partial charge in [0.25, 0.3) is 0 Å². The van der Waals surface area contributed by atoms with E-state index in [1.165, 1.54) is 6.07 Å². The van der Waals surface area contributed by atoms with Gasteiger partial charge in [0.15, 0.2) is 0 Å². The fourth-order valence-corrected chi connectivity index (χ4v) is 1.74. The molecule has 0 aliphatic rings. The van der Waals surface area contributed by atoms with Crippen molar-refractivity contribution in [1.29, 1.82) is 0 Å². The predicted molar refractivity (Wildman–Crippen MR) is 67.3 cm³/mol. The second-order valence-corrected chi connectivity index (χ2v) is 3.91. The third-order valence-electron chi connectivity index (χ3n) is 2.38. The average molecular weight is 268 g/mol. The summed E-state index contributed by atoms with van der Waals surface area (Å²) in [4.78, 5) is 7.27. The van der Waals surface area contributed by atoms with Crippen LogP contribution in [0, 0.1) is 5.95 Å². The monoisotopic (exact) mass is 267 g/mol. The Hall–Kier alpha value is -1.88. The number of methoxy groups -OCH3 is 1. The first-order valence-corrected chi connectivity index (χ1v) is 5.61. The topological polar surface area (TPSA) is 47.0 Å². The molecule has 94 valence electrons. The van der Waals surface area contributed by atoms with Crippen LogP contribution in [0.15, 0.2) is 30.6 Å². The SMILES string of the molecule is COc1cccc(Cl)c1CNc1cc(F)ncn1. The molecule has 0 radical (unpaired) electrons. The minimum Gasteiger partial charge on any atom is -0.496 e. The fraction of sp³-hybridized carbons (Fsp3) is 0.167. The van der Waals surface area contributed by atoms with E-state index in [-0.39, 0.29) is 0 Å². The van der Waals surface area contributed by atoms with Crippen molar-refractivity contribution in [1.82, 2.24) is 9.97 Å². The molecule has 0 saturated carbocycles. The van der Waals surface area contributed by atoms with Crippen LogP contribution in [0.25, 0.3) is 0 Å². The first kappa shape index (κ1) is 12.6. The lowest BCUT2D eigenvalue weighted by Gasteiger charge is -2.11. The van der Waals surface area contributed by atoms with Crippen LogP contribution in [0.1, 0.15) is 5.56 Å². The van der Waals surface area contributed by atoms with E-state index in [0.29, 0.717) is 23.1 Å². The maximum Gasteiger partial charge on any atom is 0.217 e. The first-order chi connectivity index (χ1) is 8.70. The van der Waals surface area contributed by atoms with E-state index in [1.807, 2.05) is 6.07 Å². The van der Waals surface area contributed by atoms with Crippen molar-refractivity contribution in [3.05, 3.63) is 47.1 Å². The van der Waals surface area contributed by atoms with Crippen molar-refractivity contribution in [2.45, 2.75) is 6.54 Å². The Labute approximate surface area is 109 Å². The Morgan fingerprint density at radius 3 is 2.94 bits per heavy atom. The third-order valence-corrected chi connectivity index (χ3v) is 2.73. The van der Waals surface area contributed by atoms with E-state index in [4.69, 9.17) is 16.3 Å².